The standard InChI is InChI=1S/C5H6N2OS.2C2H6/c6-3-4-1-2-9-5(4)7-8;2*1-2/h1-3,6-8H;2*1-2H3. The van der Waals surface area contributed by atoms with E-state index in [4.69, 9.17) is 10.6 Å². The Morgan fingerprint density at radius 3 is 2.23 bits per heavy atom. The van der Waals surface area contributed by atoms with Gasteiger partial charge in [0.1, 0.15) is 5.00 Å². The maximum atomic E-state index is 8.40. The normalized spacial score (nSPS) is 7.15. The minimum Gasteiger partial charge on any atom is -0.308 e. The second-order valence-electron chi connectivity index (χ2n) is 1.46. The van der Waals surface area contributed by atoms with Crippen molar-refractivity contribution in [2.24, 2.45) is 0 Å². The lowest BCUT2D eigenvalue weighted by Gasteiger charge is -1.91. The van der Waals surface area contributed by atoms with E-state index in [1.165, 1.54) is 17.6 Å². The Morgan fingerprint density at radius 1 is 1.38 bits per heavy atom. The van der Waals surface area contributed by atoms with Gasteiger partial charge in [-0.25, -0.2) is 0 Å². The van der Waals surface area contributed by atoms with Crippen LogP contribution in [0.4, 0.5) is 5.00 Å². The SMILES string of the molecule is CC.CC.N=Cc1ccsc1NO. The van der Waals surface area contributed by atoms with Crippen molar-refractivity contribution in [3.05, 3.63) is 17.0 Å². The molecule has 76 valence electrons. The molecule has 0 bridgehead atoms. The summed E-state index contributed by atoms with van der Waals surface area (Å²) in [5.74, 6) is 0. The maximum absolute atomic E-state index is 8.40. The molecule has 0 aliphatic rings. The minimum absolute atomic E-state index is 0.616. The molecule has 0 aliphatic carbocycles. The molecule has 0 amide bonds. The quantitative estimate of drug-likeness (QED) is 0.507. The van der Waals surface area contributed by atoms with Crippen LogP contribution in [0, 0.1) is 5.41 Å². The highest BCUT2D eigenvalue weighted by Gasteiger charge is 1.96. The first-order chi connectivity index (χ1) is 6.38. The zero-order valence-corrected chi connectivity index (χ0v) is 9.40. The topological polar surface area (TPSA) is 56.1 Å². The lowest BCUT2D eigenvalue weighted by Crippen LogP contribution is -1.88. The molecule has 0 spiro atoms. The molecule has 3 N–H and O–H groups in total. The monoisotopic (exact) mass is 202 g/mol. The van der Waals surface area contributed by atoms with Crippen molar-refractivity contribution in [3.63, 3.8) is 0 Å². The summed E-state index contributed by atoms with van der Waals surface area (Å²) >= 11 is 1.36. The smallest absolute Gasteiger partial charge is 0.121 e. The number of anilines is 1. The van der Waals surface area contributed by atoms with E-state index in [9.17, 15) is 0 Å². The first-order valence-corrected chi connectivity index (χ1v) is 5.24. The van der Waals surface area contributed by atoms with Crippen LogP contribution in [0.15, 0.2) is 11.4 Å². The van der Waals surface area contributed by atoms with Crippen molar-refractivity contribution in [1.82, 2.24) is 0 Å². The fourth-order valence-electron chi connectivity index (χ4n) is 0.524. The van der Waals surface area contributed by atoms with Gasteiger partial charge in [-0.05, 0) is 11.4 Å². The van der Waals surface area contributed by atoms with Crippen molar-refractivity contribution in [2.45, 2.75) is 27.7 Å². The number of hydrogen-bond donors (Lipinski definition) is 3. The van der Waals surface area contributed by atoms with Crippen LogP contribution in [-0.2, 0) is 0 Å². The summed E-state index contributed by atoms with van der Waals surface area (Å²) in [4.78, 5) is 0. The minimum atomic E-state index is 0.616. The first kappa shape index (κ1) is 14.6. The van der Waals surface area contributed by atoms with Gasteiger partial charge in [-0.15, -0.1) is 11.3 Å². The largest absolute Gasteiger partial charge is 0.308 e. The molecule has 0 aliphatic heterocycles. The fraction of sp³-hybridized carbons (Fsp3) is 0.444. The number of nitrogens with one attached hydrogen (secondary N) is 2. The van der Waals surface area contributed by atoms with Crippen LogP contribution in [0.3, 0.4) is 0 Å². The maximum Gasteiger partial charge on any atom is 0.121 e. The van der Waals surface area contributed by atoms with Crippen LogP contribution >= 0.6 is 11.3 Å². The van der Waals surface area contributed by atoms with Crippen molar-refractivity contribution in [3.8, 4) is 0 Å². The van der Waals surface area contributed by atoms with Gasteiger partial charge in [-0.3, -0.25) is 10.7 Å². The van der Waals surface area contributed by atoms with E-state index in [0.717, 1.165) is 0 Å². The summed E-state index contributed by atoms with van der Waals surface area (Å²) in [5, 5.41) is 17.7. The molecule has 3 nitrogen and oxygen atoms in total. The van der Waals surface area contributed by atoms with Crippen molar-refractivity contribution in [2.75, 3.05) is 5.48 Å². The molecular weight excluding hydrogens is 184 g/mol. The zero-order chi connectivity index (χ0) is 10.7. The Bertz CT molecular complexity index is 211. The van der Waals surface area contributed by atoms with Gasteiger partial charge in [0.2, 0.25) is 0 Å². The van der Waals surface area contributed by atoms with E-state index >= 15 is 0 Å². The lowest BCUT2D eigenvalue weighted by atomic mass is 10.3. The van der Waals surface area contributed by atoms with Crippen molar-refractivity contribution in [1.29, 1.82) is 5.41 Å². The summed E-state index contributed by atoms with van der Waals surface area (Å²) in [7, 11) is 0. The van der Waals surface area contributed by atoms with Crippen LogP contribution < -0.4 is 5.48 Å². The van der Waals surface area contributed by atoms with E-state index in [0.29, 0.717) is 10.6 Å². The van der Waals surface area contributed by atoms with Crippen molar-refractivity contribution >= 4 is 22.6 Å². The highest BCUT2D eigenvalue weighted by atomic mass is 32.1. The average molecular weight is 202 g/mol. The summed E-state index contributed by atoms with van der Waals surface area (Å²) < 4.78 is 0. The molecule has 1 heterocycles. The molecule has 13 heavy (non-hydrogen) atoms. The van der Waals surface area contributed by atoms with Gasteiger partial charge in [-0.2, -0.15) is 0 Å². The van der Waals surface area contributed by atoms with Crippen LogP contribution in [-0.4, -0.2) is 11.4 Å². The number of rotatable bonds is 2. The van der Waals surface area contributed by atoms with Gasteiger partial charge < -0.3 is 5.41 Å². The Labute approximate surface area is 83.9 Å². The number of hydrogen-bond acceptors (Lipinski definition) is 4. The predicted octanol–water partition coefficient (Wildman–Crippen LogP) is 3.60. The molecule has 1 aromatic rings. The van der Waals surface area contributed by atoms with Gasteiger partial charge in [-0.1, -0.05) is 27.7 Å². The van der Waals surface area contributed by atoms with Gasteiger partial charge >= 0.3 is 0 Å². The summed E-state index contributed by atoms with van der Waals surface area (Å²) in [6, 6.07) is 1.76. The second kappa shape index (κ2) is 11.1. The molecule has 1 rings (SSSR count). The molecule has 0 unspecified atom stereocenters. The Hall–Kier alpha value is -0.870. The molecule has 0 atom stereocenters. The van der Waals surface area contributed by atoms with E-state index < -0.39 is 0 Å². The average Bonchev–Trinajstić information content (AvgIpc) is 2.70. The van der Waals surface area contributed by atoms with E-state index in [1.54, 1.807) is 11.4 Å². The summed E-state index contributed by atoms with van der Waals surface area (Å²) in [6.45, 7) is 8.00. The molecule has 0 saturated heterocycles. The fourth-order valence-corrected chi connectivity index (χ4v) is 1.19. The van der Waals surface area contributed by atoms with E-state index in [1.807, 2.05) is 33.2 Å². The Morgan fingerprint density at radius 2 is 1.92 bits per heavy atom. The van der Waals surface area contributed by atoms with Crippen LogP contribution in [0.25, 0.3) is 0 Å². The van der Waals surface area contributed by atoms with Gasteiger partial charge in [0, 0.05) is 11.8 Å². The molecule has 0 saturated carbocycles. The molecule has 0 fully saturated rings. The summed E-state index contributed by atoms with van der Waals surface area (Å²) in [6.07, 6.45) is 1.19. The third-order valence-corrected chi connectivity index (χ3v) is 1.79. The molecular formula is C9H18N2OS. The second-order valence-corrected chi connectivity index (χ2v) is 2.38. The Kier molecular flexibility index (Phi) is 12.5. The molecule has 1 aromatic heterocycles. The first-order valence-electron chi connectivity index (χ1n) is 4.36. The van der Waals surface area contributed by atoms with Crippen LogP contribution in [0.5, 0.6) is 0 Å². The van der Waals surface area contributed by atoms with Crippen molar-refractivity contribution < 1.29 is 5.21 Å². The zero-order valence-electron chi connectivity index (χ0n) is 8.59. The molecule has 4 heteroatoms. The Balaban J connectivity index is 0. The van der Waals surface area contributed by atoms with Crippen LogP contribution in [0.1, 0.15) is 33.3 Å². The highest BCUT2D eigenvalue weighted by Crippen LogP contribution is 2.19. The van der Waals surface area contributed by atoms with Crippen LogP contribution in [0.2, 0.25) is 0 Å². The van der Waals surface area contributed by atoms with E-state index in [-0.39, 0.29) is 0 Å². The third kappa shape index (κ3) is 5.38. The molecule has 0 radical (unpaired) electrons. The third-order valence-electron chi connectivity index (χ3n) is 0.953. The summed E-state index contributed by atoms with van der Waals surface area (Å²) in [5.41, 5.74) is 2.70. The predicted molar refractivity (Wildman–Crippen MR) is 60.3 cm³/mol. The van der Waals surface area contributed by atoms with Gasteiger partial charge in [0.25, 0.3) is 0 Å². The van der Waals surface area contributed by atoms with Gasteiger partial charge in [0.15, 0.2) is 0 Å². The highest BCUT2D eigenvalue weighted by molar-refractivity contribution is 7.14. The van der Waals surface area contributed by atoms with Gasteiger partial charge in [0.05, 0.1) is 0 Å². The number of thiophene rings is 1. The van der Waals surface area contributed by atoms with E-state index in [2.05, 4.69) is 0 Å². The molecule has 0 aromatic carbocycles. The lowest BCUT2D eigenvalue weighted by molar-refractivity contribution is 0.391.